The van der Waals surface area contributed by atoms with Gasteiger partial charge in [0.2, 0.25) is 0 Å². The highest BCUT2D eigenvalue weighted by molar-refractivity contribution is 7.92. The SMILES string of the molecule is CC(C)(C)OC(=O)N[C@H]1CC[C@H](Oc2ccc3c(c2NS(=O)(=O)c2ccc([N+](=O)[O-])cc2)CC(C)(C)c2c(N)ncnc2-3)CC1. The van der Waals surface area contributed by atoms with E-state index in [1.165, 1.54) is 18.5 Å². The Balaban J connectivity index is 1.47. The van der Waals surface area contributed by atoms with Crippen molar-refractivity contribution in [2.24, 2.45) is 0 Å². The lowest BCUT2D eigenvalue weighted by atomic mass is 9.71. The number of aromatic nitrogens is 2. The summed E-state index contributed by atoms with van der Waals surface area (Å²) in [7, 11) is -4.18. The van der Waals surface area contributed by atoms with Crippen molar-refractivity contribution < 1.29 is 27.6 Å². The van der Waals surface area contributed by atoms with E-state index in [1.807, 2.05) is 40.7 Å². The van der Waals surface area contributed by atoms with Crippen molar-refractivity contribution in [3.8, 4) is 17.0 Å². The average Bonchev–Trinajstić information content (AvgIpc) is 2.94. The summed E-state index contributed by atoms with van der Waals surface area (Å²) in [5, 5.41) is 14.1. The molecule has 0 saturated heterocycles. The fourth-order valence-electron chi connectivity index (χ4n) is 5.96. The number of ether oxygens (including phenoxy) is 2. The largest absolute Gasteiger partial charge is 0.488 e. The van der Waals surface area contributed by atoms with Crippen LogP contribution in [0.5, 0.6) is 5.75 Å². The van der Waals surface area contributed by atoms with Crippen molar-refractivity contribution >= 4 is 33.3 Å². The molecule has 0 bridgehead atoms. The van der Waals surface area contributed by atoms with Gasteiger partial charge >= 0.3 is 6.09 Å². The predicted octanol–water partition coefficient (Wildman–Crippen LogP) is 5.48. The van der Waals surface area contributed by atoms with E-state index >= 15 is 0 Å². The molecule has 13 nitrogen and oxygen atoms in total. The number of carbonyl (C=O) groups excluding carboxylic acids is 1. The molecule has 1 heterocycles. The van der Waals surface area contributed by atoms with Crippen molar-refractivity contribution in [2.75, 3.05) is 10.5 Å². The molecule has 2 aliphatic carbocycles. The summed E-state index contributed by atoms with van der Waals surface area (Å²) in [5.74, 6) is 0.713. The van der Waals surface area contributed by atoms with Crippen molar-refractivity contribution in [1.29, 1.82) is 0 Å². The second-order valence-electron chi connectivity index (χ2n) is 13.1. The third kappa shape index (κ3) is 6.95. The predicted molar refractivity (Wildman–Crippen MR) is 169 cm³/mol. The summed E-state index contributed by atoms with van der Waals surface area (Å²) in [5.41, 5.74) is 7.99. The molecule has 4 N–H and O–H groups in total. The second-order valence-corrected chi connectivity index (χ2v) is 14.8. The van der Waals surface area contributed by atoms with Gasteiger partial charge in [-0.05, 0) is 88.1 Å². The number of alkyl carbamates (subject to hydrolysis) is 1. The van der Waals surface area contributed by atoms with E-state index in [4.69, 9.17) is 15.2 Å². The molecular formula is C31H38N6O7S. The zero-order chi connectivity index (χ0) is 32.7. The first-order valence-electron chi connectivity index (χ1n) is 14.7. The van der Waals surface area contributed by atoms with E-state index < -0.39 is 32.1 Å². The van der Waals surface area contributed by atoms with Gasteiger partial charge in [0.25, 0.3) is 15.7 Å². The summed E-state index contributed by atoms with van der Waals surface area (Å²) < 4.78 is 42.0. The van der Waals surface area contributed by atoms with Gasteiger partial charge < -0.3 is 20.5 Å². The summed E-state index contributed by atoms with van der Waals surface area (Å²) >= 11 is 0. The number of nitrogen functional groups attached to an aromatic ring is 1. The molecule has 0 unspecified atom stereocenters. The molecule has 0 radical (unpaired) electrons. The van der Waals surface area contributed by atoms with Crippen LogP contribution in [0.25, 0.3) is 11.3 Å². The highest BCUT2D eigenvalue weighted by Crippen LogP contribution is 2.49. The fraction of sp³-hybridized carbons (Fsp3) is 0.452. The number of rotatable bonds is 7. The number of nitro groups is 1. The third-order valence-corrected chi connectivity index (χ3v) is 9.35. The van der Waals surface area contributed by atoms with Gasteiger partial charge in [-0.1, -0.05) is 13.8 Å². The number of sulfonamides is 1. The molecule has 1 fully saturated rings. The van der Waals surface area contributed by atoms with E-state index in [2.05, 4.69) is 20.0 Å². The molecule has 2 aromatic carbocycles. The normalized spacial score (nSPS) is 19.0. The van der Waals surface area contributed by atoms with Crippen molar-refractivity contribution in [3.63, 3.8) is 0 Å². The number of nitrogens with zero attached hydrogens (tertiary/aromatic N) is 3. The lowest BCUT2D eigenvalue weighted by Crippen LogP contribution is -2.42. The number of nitrogens with one attached hydrogen (secondary N) is 2. The number of anilines is 2. The van der Waals surface area contributed by atoms with Crippen molar-refractivity contribution in [3.05, 3.63) is 64.0 Å². The van der Waals surface area contributed by atoms with Crippen LogP contribution in [-0.4, -0.2) is 47.1 Å². The molecule has 1 saturated carbocycles. The van der Waals surface area contributed by atoms with Gasteiger partial charge in [0.1, 0.15) is 23.5 Å². The molecule has 3 aromatic rings. The maximum atomic E-state index is 13.7. The highest BCUT2D eigenvalue weighted by atomic mass is 32.2. The number of nitro benzene ring substituents is 1. The van der Waals surface area contributed by atoms with Gasteiger partial charge in [-0.2, -0.15) is 0 Å². The number of fused-ring (bicyclic) bond motifs is 3. The van der Waals surface area contributed by atoms with Crippen LogP contribution in [0.2, 0.25) is 0 Å². The van der Waals surface area contributed by atoms with Crippen LogP contribution in [0.4, 0.5) is 22.0 Å². The number of amides is 1. The maximum Gasteiger partial charge on any atom is 0.407 e. The molecular weight excluding hydrogens is 600 g/mol. The minimum absolute atomic E-state index is 0.0641. The first-order valence-corrected chi connectivity index (χ1v) is 16.2. The first-order chi connectivity index (χ1) is 21.0. The molecule has 2 aliphatic rings. The number of hydrogen-bond acceptors (Lipinski definition) is 10. The number of nitrogens with two attached hydrogens (primary N) is 1. The van der Waals surface area contributed by atoms with Crippen LogP contribution in [0, 0.1) is 10.1 Å². The van der Waals surface area contributed by atoms with Gasteiger partial charge in [-0.25, -0.2) is 23.2 Å². The monoisotopic (exact) mass is 638 g/mol. The second kappa shape index (κ2) is 11.8. The summed E-state index contributed by atoms with van der Waals surface area (Å²) in [4.78, 5) is 31.4. The standard InChI is InChI=1S/C31H38N6O7S/c1-30(2,3)44-29(38)35-18-6-10-20(11-7-18)43-24-15-14-22-23(16-31(4,5)25-27(22)33-17-34-28(25)32)26(24)36-45(41,42)21-12-8-19(9-13-21)37(39)40/h8-9,12-15,17-18,20,36H,6-7,10-11,16H2,1-5H3,(H,35,38)(H2,32,33,34)/t18-,20-. The molecule has 1 amide bonds. The summed E-state index contributed by atoms with van der Waals surface area (Å²) in [6.07, 6.45) is 3.68. The van der Waals surface area contributed by atoms with Crippen LogP contribution in [0.1, 0.15) is 71.4 Å². The Kier molecular flexibility index (Phi) is 8.38. The topological polar surface area (TPSA) is 189 Å². The Morgan fingerprint density at radius 1 is 1.07 bits per heavy atom. The molecule has 5 rings (SSSR count). The number of benzene rings is 2. The lowest BCUT2D eigenvalue weighted by Gasteiger charge is -2.36. The number of carbonyl (C=O) groups is 1. The Morgan fingerprint density at radius 2 is 1.73 bits per heavy atom. The number of non-ortho nitro benzene ring substituents is 1. The van der Waals surface area contributed by atoms with Gasteiger partial charge in [0, 0.05) is 29.3 Å². The van der Waals surface area contributed by atoms with Gasteiger partial charge in [0.05, 0.1) is 27.3 Å². The van der Waals surface area contributed by atoms with Gasteiger partial charge in [-0.15, -0.1) is 0 Å². The van der Waals surface area contributed by atoms with Crippen molar-refractivity contribution in [1.82, 2.24) is 15.3 Å². The van der Waals surface area contributed by atoms with Crippen LogP contribution >= 0.6 is 0 Å². The Bertz CT molecular complexity index is 1730. The Hall–Kier alpha value is -4.46. The molecule has 0 atom stereocenters. The van der Waals surface area contributed by atoms with Crippen LogP contribution in [0.15, 0.2) is 47.6 Å². The molecule has 1 aromatic heterocycles. The van der Waals surface area contributed by atoms with Crippen LogP contribution in [-0.2, 0) is 26.6 Å². The van der Waals surface area contributed by atoms with Crippen molar-refractivity contribution in [2.45, 2.75) is 94.8 Å². The van der Waals surface area contributed by atoms with E-state index in [0.29, 0.717) is 60.5 Å². The van der Waals surface area contributed by atoms with Crippen LogP contribution in [0.3, 0.4) is 0 Å². The molecule has 0 aliphatic heterocycles. The van der Waals surface area contributed by atoms with E-state index in [-0.39, 0.29) is 28.4 Å². The highest BCUT2D eigenvalue weighted by Gasteiger charge is 2.38. The first kappa shape index (κ1) is 31.9. The summed E-state index contributed by atoms with van der Waals surface area (Å²) in [6.45, 7) is 9.42. The van der Waals surface area contributed by atoms with Gasteiger partial charge in [-0.3, -0.25) is 14.8 Å². The van der Waals surface area contributed by atoms with Crippen LogP contribution < -0.4 is 20.5 Å². The summed E-state index contributed by atoms with van der Waals surface area (Å²) in [6, 6.07) is 8.20. The van der Waals surface area contributed by atoms with E-state index in [1.54, 1.807) is 6.07 Å². The average molecular weight is 639 g/mol. The zero-order valence-electron chi connectivity index (χ0n) is 25.9. The van der Waals surface area contributed by atoms with E-state index in [0.717, 1.165) is 17.7 Å². The quantitative estimate of drug-likeness (QED) is 0.221. The molecule has 240 valence electrons. The molecule has 0 spiro atoms. The fourth-order valence-corrected chi connectivity index (χ4v) is 7.07. The maximum absolute atomic E-state index is 13.7. The minimum atomic E-state index is -4.18. The Labute approximate surface area is 262 Å². The number of hydrogen-bond donors (Lipinski definition) is 3. The molecule has 14 heteroatoms. The minimum Gasteiger partial charge on any atom is -0.488 e. The molecule has 45 heavy (non-hydrogen) atoms. The Morgan fingerprint density at radius 3 is 2.36 bits per heavy atom. The zero-order valence-corrected chi connectivity index (χ0v) is 26.7. The van der Waals surface area contributed by atoms with E-state index in [9.17, 15) is 23.3 Å². The smallest absolute Gasteiger partial charge is 0.407 e. The lowest BCUT2D eigenvalue weighted by molar-refractivity contribution is -0.384. The van der Waals surface area contributed by atoms with Gasteiger partial charge in [0.15, 0.2) is 0 Å². The third-order valence-electron chi connectivity index (χ3n) is 7.98.